The molecular weight excluding hydrogens is 176 g/mol. The summed E-state index contributed by atoms with van der Waals surface area (Å²) >= 11 is 5.37. The average Bonchev–Trinajstić information content (AvgIpc) is 1.88. The van der Waals surface area contributed by atoms with Crippen molar-refractivity contribution in [1.29, 1.82) is 0 Å². The van der Waals surface area contributed by atoms with E-state index in [4.69, 9.17) is 11.6 Å². The Morgan fingerprint density at radius 3 is 2.60 bits per heavy atom. The maximum Gasteiger partial charge on any atom is 0.213 e. The van der Waals surface area contributed by atoms with Gasteiger partial charge in [-0.25, -0.2) is 4.98 Å². The summed E-state index contributed by atoms with van der Waals surface area (Å²) < 4.78 is 12.2. The number of nitrogens with zero attached hydrogens (tertiary/aromatic N) is 1. The van der Waals surface area contributed by atoms with Crippen LogP contribution < -0.4 is 0 Å². The predicted octanol–water partition coefficient (Wildman–Crippen LogP) is 2.38. The highest BCUT2D eigenvalue weighted by molar-refractivity contribution is 6.16. The number of hydrogen-bond acceptors (Lipinski definition) is 1. The van der Waals surface area contributed by atoms with E-state index in [1.54, 1.807) is 12.1 Å². The largest absolute Gasteiger partial charge is 0.224 e. The van der Waals surface area contributed by atoms with E-state index in [2.05, 4.69) is 4.98 Å². The highest BCUT2D eigenvalue weighted by Gasteiger charge is 1.91. The summed E-state index contributed by atoms with van der Waals surface area (Å²) in [5.74, 6) is -0.217. The lowest BCUT2D eigenvalue weighted by molar-refractivity contribution is 0.579. The number of alkyl halides is 1. The standard InChI is InChI=1S/C6H5ClFN.ClH/c7-4-5-2-1-3-6(8)9-5;/h1-3H,4H2;1H. The van der Waals surface area contributed by atoms with E-state index in [-0.39, 0.29) is 18.3 Å². The Morgan fingerprint density at radius 2 is 2.20 bits per heavy atom. The first-order valence-electron chi connectivity index (χ1n) is 2.50. The fraction of sp³-hybridized carbons (Fsp3) is 0.167. The van der Waals surface area contributed by atoms with Crippen molar-refractivity contribution in [3.8, 4) is 0 Å². The fourth-order valence-electron chi connectivity index (χ4n) is 0.525. The zero-order chi connectivity index (χ0) is 6.69. The van der Waals surface area contributed by atoms with Gasteiger partial charge in [0.1, 0.15) is 0 Å². The fourth-order valence-corrected chi connectivity index (χ4v) is 0.674. The molecule has 0 fully saturated rings. The Morgan fingerprint density at radius 1 is 1.50 bits per heavy atom. The van der Waals surface area contributed by atoms with Crippen molar-refractivity contribution in [3.05, 3.63) is 29.8 Å². The van der Waals surface area contributed by atoms with Crippen molar-refractivity contribution in [2.75, 3.05) is 0 Å². The quantitative estimate of drug-likeness (QED) is 0.479. The first-order chi connectivity index (χ1) is 4.33. The SMILES string of the molecule is Cl.Fc1cccc(CCl)n1. The molecule has 0 atom stereocenters. The number of rotatable bonds is 1. The molecule has 0 aliphatic rings. The minimum absolute atomic E-state index is 0. The summed E-state index contributed by atoms with van der Waals surface area (Å²) in [4.78, 5) is 3.49. The molecule has 0 radical (unpaired) electrons. The molecule has 0 saturated heterocycles. The number of halogens is 3. The van der Waals surface area contributed by atoms with Crippen LogP contribution in [0.4, 0.5) is 4.39 Å². The summed E-state index contributed by atoms with van der Waals surface area (Å²) in [5, 5.41) is 0. The van der Waals surface area contributed by atoms with Crippen LogP contribution in [0.3, 0.4) is 0 Å². The zero-order valence-corrected chi connectivity index (χ0v) is 6.62. The summed E-state index contributed by atoms with van der Waals surface area (Å²) in [6.07, 6.45) is 0. The molecule has 4 heteroatoms. The van der Waals surface area contributed by atoms with Crippen molar-refractivity contribution in [3.63, 3.8) is 0 Å². The molecule has 1 nitrogen and oxygen atoms in total. The molecule has 0 aliphatic heterocycles. The third-order valence-corrected chi connectivity index (χ3v) is 1.18. The van der Waals surface area contributed by atoms with Gasteiger partial charge in [-0.2, -0.15) is 4.39 Å². The van der Waals surface area contributed by atoms with Crippen LogP contribution in [0.5, 0.6) is 0 Å². The Bertz CT molecular complexity index is 205. The van der Waals surface area contributed by atoms with Crippen LogP contribution in [0.25, 0.3) is 0 Å². The van der Waals surface area contributed by atoms with E-state index in [9.17, 15) is 4.39 Å². The second kappa shape index (κ2) is 4.47. The van der Waals surface area contributed by atoms with E-state index >= 15 is 0 Å². The number of pyridine rings is 1. The van der Waals surface area contributed by atoms with Crippen molar-refractivity contribution in [2.24, 2.45) is 0 Å². The predicted molar refractivity (Wildman–Crippen MR) is 41.0 cm³/mol. The third-order valence-electron chi connectivity index (χ3n) is 0.910. The summed E-state index contributed by atoms with van der Waals surface area (Å²) in [6.45, 7) is 0. The molecule has 0 spiro atoms. The second-order valence-corrected chi connectivity index (χ2v) is 1.85. The van der Waals surface area contributed by atoms with Crippen LogP contribution in [0, 0.1) is 5.95 Å². The molecule has 1 rings (SSSR count). The van der Waals surface area contributed by atoms with Crippen molar-refractivity contribution >= 4 is 24.0 Å². The Hall–Kier alpha value is -0.340. The average molecular weight is 182 g/mol. The maximum atomic E-state index is 12.2. The Kier molecular flexibility index (Phi) is 4.32. The molecule has 0 amide bonds. The molecule has 56 valence electrons. The number of aromatic nitrogens is 1. The van der Waals surface area contributed by atoms with E-state index in [1.165, 1.54) is 6.07 Å². The smallest absolute Gasteiger partial charge is 0.213 e. The van der Waals surface area contributed by atoms with Crippen molar-refractivity contribution in [1.82, 2.24) is 4.98 Å². The van der Waals surface area contributed by atoms with Gasteiger partial charge in [0.05, 0.1) is 11.6 Å². The van der Waals surface area contributed by atoms with Crippen molar-refractivity contribution < 1.29 is 4.39 Å². The van der Waals surface area contributed by atoms with Crippen LogP contribution >= 0.6 is 24.0 Å². The van der Waals surface area contributed by atoms with Gasteiger partial charge < -0.3 is 0 Å². The number of hydrogen-bond donors (Lipinski definition) is 0. The van der Waals surface area contributed by atoms with Gasteiger partial charge in [-0.15, -0.1) is 24.0 Å². The molecular formula is C6H6Cl2FN. The molecule has 1 aromatic heterocycles. The third kappa shape index (κ3) is 2.50. The van der Waals surface area contributed by atoms with Gasteiger partial charge in [-0.05, 0) is 12.1 Å². The van der Waals surface area contributed by atoms with Crippen LogP contribution in [-0.2, 0) is 5.88 Å². The monoisotopic (exact) mass is 181 g/mol. The van der Waals surface area contributed by atoms with E-state index in [1.807, 2.05) is 0 Å². The van der Waals surface area contributed by atoms with E-state index < -0.39 is 5.95 Å². The zero-order valence-electron chi connectivity index (χ0n) is 5.05. The summed E-state index contributed by atoms with van der Waals surface area (Å²) in [6, 6.07) is 4.55. The molecule has 0 unspecified atom stereocenters. The van der Waals surface area contributed by atoms with E-state index in [0.29, 0.717) is 5.69 Å². The van der Waals surface area contributed by atoms with Gasteiger partial charge in [-0.3, -0.25) is 0 Å². The highest BCUT2D eigenvalue weighted by Crippen LogP contribution is 1.99. The minimum atomic E-state index is -0.479. The lowest BCUT2D eigenvalue weighted by Gasteiger charge is -1.90. The van der Waals surface area contributed by atoms with E-state index in [0.717, 1.165) is 0 Å². The van der Waals surface area contributed by atoms with Gasteiger partial charge in [0.2, 0.25) is 5.95 Å². The molecule has 1 heterocycles. The normalized spacial score (nSPS) is 8.60. The molecule has 10 heavy (non-hydrogen) atoms. The Balaban J connectivity index is 0.000000810. The van der Waals surface area contributed by atoms with Gasteiger partial charge in [0.15, 0.2) is 0 Å². The molecule has 0 aromatic carbocycles. The van der Waals surface area contributed by atoms with Gasteiger partial charge in [0.25, 0.3) is 0 Å². The molecule has 0 N–H and O–H groups in total. The van der Waals surface area contributed by atoms with Crippen LogP contribution in [-0.4, -0.2) is 4.98 Å². The van der Waals surface area contributed by atoms with Crippen LogP contribution in [0.15, 0.2) is 18.2 Å². The first-order valence-corrected chi connectivity index (χ1v) is 3.04. The summed E-state index contributed by atoms with van der Waals surface area (Å²) in [7, 11) is 0. The molecule has 0 aliphatic carbocycles. The lowest BCUT2D eigenvalue weighted by Crippen LogP contribution is -1.86. The Labute approximate surface area is 69.6 Å². The van der Waals surface area contributed by atoms with Crippen LogP contribution in [0.2, 0.25) is 0 Å². The highest BCUT2D eigenvalue weighted by atomic mass is 35.5. The summed E-state index contributed by atoms with van der Waals surface area (Å²) in [5.41, 5.74) is 0.566. The van der Waals surface area contributed by atoms with Gasteiger partial charge >= 0.3 is 0 Å². The minimum Gasteiger partial charge on any atom is -0.224 e. The molecule has 0 saturated carbocycles. The molecule has 1 aromatic rings. The van der Waals surface area contributed by atoms with Crippen molar-refractivity contribution in [2.45, 2.75) is 5.88 Å². The van der Waals surface area contributed by atoms with Gasteiger partial charge in [-0.1, -0.05) is 6.07 Å². The van der Waals surface area contributed by atoms with Gasteiger partial charge in [0, 0.05) is 0 Å². The molecule has 0 bridgehead atoms. The maximum absolute atomic E-state index is 12.2. The topological polar surface area (TPSA) is 12.9 Å². The first kappa shape index (κ1) is 9.66. The second-order valence-electron chi connectivity index (χ2n) is 1.59. The lowest BCUT2D eigenvalue weighted by atomic mass is 10.4. The van der Waals surface area contributed by atoms with Crippen LogP contribution in [0.1, 0.15) is 5.69 Å².